The molecule has 0 N–H and O–H groups in total. The van der Waals surface area contributed by atoms with Gasteiger partial charge in [-0.25, -0.2) is 0 Å². The van der Waals surface area contributed by atoms with Gasteiger partial charge in [-0.3, -0.25) is 0 Å². The van der Waals surface area contributed by atoms with Crippen LogP contribution in [-0.2, 0) is 10.3 Å². The summed E-state index contributed by atoms with van der Waals surface area (Å²) in [7, 11) is 0. The zero-order valence-electron chi connectivity index (χ0n) is 16.5. The number of rotatable bonds is 1. The van der Waals surface area contributed by atoms with E-state index in [2.05, 4.69) is 77.9 Å². The first kappa shape index (κ1) is 17.5. The van der Waals surface area contributed by atoms with Gasteiger partial charge >= 0.3 is 0 Å². The fraction of sp³-hybridized carbons (Fsp3) is 0.682. The average Bonchev–Trinajstić information content (AvgIpc) is 2.77. The molecule has 24 heavy (non-hydrogen) atoms. The Balaban J connectivity index is 1.80. The smallest absolute Gasteiger partial charge is 0.144 e. The van der Waals surface area contributed by atoms with Crippen LogP contribution in [0, 0.1) is 10.8 Å². The van der Waals surface area contributed by atoms with Crippen molar-refractivity contribution in [2.45, 2.75) is 85.2 Å². The molecule has 1 aliphatic carbocycles. The molecule has 0 radical (unpaired) electrons. The molecule has 3 rings (SSSR count). The van der Waals surface area contributed by atoms with Crippen LogP contribution in [0.5, 0.6) is 0 Å². The minimum Gasteiger partial charge on any atom is -0.389 e. The van der Waals surface area contributed by atoms with Gasteiger partial charge in [0.2, 0.25) is 0 Å². The summed E-state index contributed by atoms with van der Waals surface area (Å²) in [5.74, 6) is 0. The molecule has 0 bridgehead atoms. The predicted octanol–water partition coefficient (Wildman–Crippen LogP) is 6.08. The van der Waals surface area contributed by atoms with Gasteiger partial charge in [-0.1, -0.05) is 77.9 Å². The van der Waals surface area contributed by atoms with Crippen LogP contribution in [0.15, 0.2) is 29.4 Å². The van der Waals surface area contributed by atoms with Crippen molar-refractivity contribution in [1.82, 2.24) is 0 Å². The van der Waals surface area contributed by atoms with E-state index in [0.29, 0.717) is 10.8 Å². The fourth-order valence-electron chi connectivity index (χ4n) is 5.26. The van der Waals surface area contributed by atoms with Crippen molar-refractivity contribution in [3.8, 4) is 0 Å². The molecule has 1 aromatic rings. The summed E-state index contributed by atoms with van der Waals surface area (Å²) in [6.45, 7) is 16.2. The molecule has 0 atom stereocenters. The van der Waals surface area contributed by atoms with Gasteiger partial charge in [-0.05, 0) is 46.6 Å². The van der Waals surface area contributed by atoms with E-state index >= 15 is 0 Å². The van der Waals surface area contributed by atoms with E-state index in [1.807, 2.05) is 0 Å². The molecular weight excluding hydrogens is 294 g/mol. The third-order valence-electron chi connectivity index (χ3n) is 5.48. The number of benzene rings is 1. The van der Waals surface area contributed by atoms with Gasteiger partial charge in [0.25, 0.3) is 0 Å². The highest BCUT2D eigenvalue weighted by molar-refractivity contribution is 6.01. The summed E-state index contributed by atoms with van der Waals surface area (Å²) in [5, 5.41) is 4.52. The molecule has 1 aromatic carbocycles. The monoisotopic (exact) mass is 327 g/mol. The van der Waals surface area contributed by atoms with Crippen LogP contribution >= 0.6 is 0 Å². The minimum absolute atomic E-state index is 0.108. The number of hydrogen-bond acceptors (Lipinski definition) is 2. The Bertz CT molecular complexity index is 628. The van der Waals surface area contributed by atoms with Crippen molar-refractivity contribution in [3.63, 3.8) is 0 Å². The van der Waals surface area contributed by atoms with E-state index in [9.17, 15) is 0 Å². The molecule has 1 aliphatic heterocycles. The lowest BCUT2D eigenvalue weighted by molar-refractivity contribution is -0.113. The van der Waals surface area contributed by atoms with Crippen LogP contribution in [0.2, 0.25) is 0 Å². The summed E-state index contributed by atoms with van der Waals surface area (Å²) in [4.78, 5) is 6.11. The fourth-order valence-corrected chi connectivity index (χ4v) is 5.26. The molecule has 2 nitrogen and oxygen atoms in total. The standard InChI is InChI=1S/C22H33NO/c1-19(2,3)17-10-8-16(9-11-17)18-12-22(24-23-18)14-20(4,5)13-21(6,7)15-22/h8-11H,12-15H2,1-7H3. The number of nitrogens with zero attached hydrogens (tertiary/aromatic N) is 1. The molecule has 1 saturated carbocycles. The molecule has 0 aromatic heterocycles. The molecule has 2 aliphatic rings. The van der Waals surface area contributed by atoms with Gasteiger partial charge in [-0.2, -0.15) is 0 Å². The number of oxime groups is 1. The Kier molecular flexibility index (Phi) is 3.90. The van der Waals surface area contributed by atoms with E-state index in [-0.39, 0.29) is 11.0 Å². The van der Waals surface area contributed by atoms with Crippen LogP contribution in [0.3, 0.4) is 0 Å². The van der Waals surface area contributed by atoms with E-state index in [0.717, 1.165) is 25.0 Å². The first-order valence-electron chi connectivity index (χ1n) is 9.26. The van der Waals surface area contributed by atoms with Crippen LogP contribution in [-0.4, -0.2) is 11.3 Å². The molecule has 0 amide bonds. The first-order chi connectivity index (χ1) is 10.9. The lowest BCUT2D eigenvalue weighted by atomic mass is 9.58. The molecule has 1 heterocycles. The van der Waals surface area contributed by atoms with Crippen molar-refractivity contribution in [1.29, 1.82) is 0 Å². The molecule has 1 fully saturated rings. The third kappa shape index (κ3) is 3.53. The van der Waals surface area contributed by atoms with E-state index in [1.165, 1.54) is 17.5 Å². The maximum atomic E-state index is 6.11. The van der Waals surface area contributed by atoms with Crippen LogP contribution in [0.25, 0.3) is 0 Å². The molecule has 1 spiro atoms. The number of hydrogen-bond donors (Lipinski definition) is 0. The summed E-state index contributed by atoms with van der Waals surface area (Å²) >= 11 is 0. The zero-order chi connectivity index (χ0) is 17.8. The highest BCUT2D eigenvalue weighted by atomic mass is 16.7. The normalized spacial score (nSPS) is 24.5. The molecule has 2 heteroatoms. The van der Waals surface area contributed by atoms with Crippen molar-refractivity contribution in [3.05, 3.63) is 35.4 Å². The second-order valence-electron chi connectivity index (χ2n) is 10.7. The largest absolute Gasteiger partial charge is 0.389 e. The van der Waals surface area contributed by atoms with Gasteiger partial charge < -0.3 is 4.84 Å². The van der Waals surface area contributed by atoms with Crippen molar-refractivity contribution < 1.29 is 4.84 Å². The Hall–Kier alpha value is -1.31. The van der Waals surface area contributed by atoms with Crippen LogP contribution in [0.1, 0.15) is 85.3 Å². The summed E-state index contributed by atoms with van der Waals surface area (Å²) < 4.78 is 0. The van der Waals surface area contributed by atoms with Gasteiger partial charge in [0.15, 0.2) is 0 Å². The third-order valence-corrected chi connectivity index (χ3v) is 5.48. The lowest BCUT2D eigenvalue weighted by Crippen LogP contribution is -2.46. The van der Waals surface area contributed by atoms with Crippen molar-refractivity contribution >= 4 is 5.71 Å². The molecular formula is C22H33NO. The van der Waals surface area contributed by atoms with Crippen molar-refractivity contribution in [2.24, 2.45) is 16.0 Å². The van der Waals surface area contributed by atoms with E-state index < -0.39 is 0 Å². The quantitative estimate of drug-likeness (QED) is 0.612. The Morgan fingerprint density at radius 3 is 1.92 bits per heavy atom. The Labute approximate surface area is 147 Å². The van der Waals surface area contributed by atoms with Gasteiger partial charge in [0.1, 0.15) is 5.60 Å². The topological polar surface area (TPSA) is 21.6 Å². The molecule has 0 saturated heterocycles. The SMILES string of the molecule is CC1(C)CC(C)(C)CC2(CC(c3ccc(C(C)(C)C)cc3)=NO2)C1. The Morgan fingerprint density at radius 2 is 1.42 bits per heavy atom. The molecule has 0 unspecified atom stereocenters. The van der Waals surface area contributed by atoms with E-state index in [1.54, 1.807) is 0 Å². The highest BCUT2D eigenvalue weighted by Crippen LogP contribution is 2.54. The maximum Gasteiger partial charge on any atom is 0.144 e. The summed E-state index contributed by atoms with van der Waals surface area (Å²) in [6, 6.07) is 8.89. The zero-order valence-corrected chi connectivity index (χ0v) is 16.5. The second kappa shape index (κ2) is 5.34. The van der Waals surface area contributed by atoms with Gasteiger partial charge in [0.05, 0.1) is 5.71 Å². The van der Waals surface area contributed by atoms with Crippen molar-refractivity contribution in [2.75, 3.05) is 0 Å². The van der Waals surface area contributed by atoms with Crippen LogP contribution in [0.4, 0.5) is 0 Å². The maximum absolute atomic E-state index is 6.11. The molecule has 132 valence electrons. The Morgan fingerprint density at radius 1 is 0.875 bits per heavy atom. The van der Waals surface area contributed by atoms with E-state index in [4.69, 9.17) is 4.84 Å². The minimum atomic E-state index is -0.108. The highest BCUT2D eigenvalue weighted by Gasteiger charge is 2.52. The predicted molar refractivity (Wildman–Crippen MR) is 102 cm³/mol. The van der Waals surface area contributed by atoms with Crippen LogP contribution < -0.4 is 0 Å². The van der Waals surface area contributed by atoms with Gasteiger partial charge in [0, 0.05) is 6.42 Å². The summed E-state index contributed by atoms with van der Waals surface area (Å²) in [5.41, 5.74) is 4.38. The summed E-state index contributed by atoms with van der Waals surface area (Å²) in [6.07, 6.45) is 4.38. The second-order valence-corrected chi connectivity index (χ2v) is 10.7. The lowest BCUT2D eigenvalue weighted by Gasteiger charge is -2.48. The van der Waals surface area contributed by atoms with Gasteiger partial charge in [-0.15, -0.1) is 0 Å². The first-order valence-corrected chi connectivity index (χ1v) is 9.26. The average molecular weight is 328 g/mol.